The maximum atomic E-state index is 12.1. The Kier molecular flexibility index (Phi) is 5.19. The molecule has 21 heavy (non-hydrogen) atoms. The van der Waals surface area contributed by atoms with Gasteiger partial charge in [0.15, 0.2) is 0 Å². The Hall–Kier alpha value is -1.60. The zero-order valence-electron chi connectivity index (χ0n) is 11.9. The predicted octanol–water partition coefficient (Wildman–Crippen LogP) is 0.245. The Morgan fingerprint density at radius 2 is 2.19 bits per heavy atom. The van der Waals surface area contributed by atoms with E-state index in [2.05, 4.69) is 9.84 Å². The lowest BCUT2D eigenvalue weighted by Crippen LogP contribution is -2.38. The molecule has 0 amide bonds. The van der Waals surface area contributed by atoms with E-state index in [1.165, 1.54) is 13.3 Å². The Morgan fingerprint density at radius 3 is 2.76 bits per heavy atom. The molecule has 2 N–H and O–H groups in total. The first kappa shape index (κ1) is 15.8. The highest BCUT2D eigenvalue weighted by Crippen LogP contribution is 2.26. The molecule has 0 saturated carbocycles. The minimum Gasteiger partial charge on any atom is -0.468 e. The molecular formula is C13H19ClN4O3. The lowest BCUT2D eigenvalue weighted by atomic mass is 9.97. The molecule has 1 aliphatic rings. The highest BCUT2D eigenvalue weighted by molar-refractivity contribution is 6.33. The zero-order valence-corrected chi connectivity index (χ0v) is 12.7. The summed E-state index contributed by atoms with van der Waals surface area (Å²) in [6.07, 6.45) is 3.46. The molecule has 2 heterocycles. The highest BCUT2D eigenvalue weighted by atomic mass is 35.5. The molecule has 8 heteroatoms. The lowest BCUT2D eigenvalue weighted by molar-refractivity contribution is -0.141. The van der Waals surface area contributed by atoms with Gasteiger partial charge in [0.25, 0.3) is 5.56 Å². The summed E-state index contributed by atoms with van der Waals surface area (Å²) in [4.78, 5) is 25.4. The Morgan fingerprint density at radius 1 is 1.52 bits per heavy atom. The summed E-state index contributed by atoms with van der Waals surface area (Å²) in [5.41, 5.74) is 5.79. The topological polar surface area (TPSA) is 90.5 Å². The molecule has 0 aromatic carbocycles. The molecule has 1 aliphatic heterocycles. The van der Waals surface area contributed by atoms with Crippen LogP contribution in [0.3, 0.4) is 0 Å². The van der Waals surface area contributed by atoms with E-state index >= 15 is 0 Å². The number of esters is 1. The van der Waals surface area contributed by atoms with Crippen molar-refractivity contribution in [2.24, 2.45) is 11.7 Å². The molecule has 0 bridgehead atoms. The average Bonchev–Trinajstić information content (AvgIpc) is 2.52. The standard InChI is InChI=1S/C13H19ClN4O3/c1-21-11(19)8-18-13(20)12(14)10(7-16-18)17-4-2-9(6-15)3-5-17/h7,9H,2-6,8,15H2,1H3. The van der Waals surface area contributed by atoms with Crippen molar-refractivity contribution in [2.45, 2.75) is 19.4 Å². The second-order valence-electron chi connectivity index (χ2n) is 5.05. The van der Waals surface area contributed by atoms with Gasteiger partial charge in [0, 0.05) is 13.1 Å². The van der Waals surface area contributed by atoms with E-state index in [4.69, 9.17) is 17.3 Å². The van der Waals surface area contributed by atoms with E-state index in [0.29, 0.717) is 18.2 Å². The Labute approximate surface area is 127 Å². The second kappa shape index (κ2) is 6.91. The van der Waals surface area contributed by atoms with Crippen LogP contribution in [0.1, 0.15) is 12.8 Å². The Balaban J connectivity index is 2.17. The van der Waals surface area contributed by atoms with Gasteiger partial charge in [0.2, 0.25) is 0 Å². The number of halogens is 1. The van der Waals surface area contributed by atoms with E-state index in [0.717, 1.165) is 30.6 Å². The van der Waals surface area contributed by atoms with Crippen LogP contribution in [0.4, 0.5) is 5.69 Å². The van der Waals surface area contributed by atoms with Crippen LogP contribution >= 0.6 is 11.6 Å². The first-order valence-electron chi connectivity index (χ1n) is 6.84. The summed E-state index contributed by atoms with van der Waals surface area (Å²) in [7, 11) is 1.25. The lowest BCUT2D eigenvalue weighted by Gasteiger charge is -2.33. The molecule has 0 atom stereocenters. The summed E-state index contributed by atoms with van der Waals surface area (Å²) in [5, 5.41) is 4.08. The summed E-state index contributed by atoms with van der Waals surface area (Å²) in [5.74, 6) is -0.0233. The number of nitrogens with zero attached hydrogens (tertiary/aromatic N) is 3. The van der Waals surface area contributed by atoms with Gasteiger partial charge in [0.05, 0.1) is 19.0 Å². The number of anilines is 1. The van der Waals surface area contributed by atoms with E-state index in [9.17, 15) is 9.59 Å². The first-order valence-corrected chi connectivity index (χ1v) is 7.22. The molecule has 116 valence electrons. The van der Waals surface area contributed by atoms with Crippen LogP contribution in [0.2, 0.25) is 5.02 Å². The molecule has 2 rings (SSSR count). The molecule has 0 spiro atoms. The van der Waals surface area contributed by atoms with E-state index in [-0.39, 0.29) is 11.6 Å². The van der Waals surface area contributed by atoms with Crippen molar-refractivity contribution >= 4 is 23.3 Å². The third kappa shape index (κ3) is 3.54. The van der Waals surface area contributed by atoms with Crippen molar-refractivity contribution in [3.8, 4) is 0 Å². The average molecular weight is 315 g/mol. The van der Waals surface area contributed by atoms with Crippen molar-refractivity contribution < 1.29 is 9.53 Å². The summed E-state index contributed by atoms with van der Waals surface area (Å²) < 4.78 is 5.52. The minimum absolute atomic E-state index is 0.0834. The molecule has 0 aliphatic carbocycles. The van der Waals surface area contributed by atoms with Gasteiger partial charge in [0.1, 0.15) is 11.6 Å². The molecule has 1 fully saturated rings. The smallest absolute Gasteiger partial charge is 0.327 e. The van der Waals surface area contributed by atoms with E-state index < -0.39 is 11.5 Å². The van der Waals surface area contributed by atoms with Gasteiger partial charge in [-0.25, -0.2) is 4.68 Å². The van der Waals surface area contributed by atoms with Gasteiger partial charge in [-0.15, -0.1) is 0 Å². The molecule has 0 unspecified atom stereocenters. The fraction of sp³-hybridized carbons (Fsp3) is 0.615. The van der Waals surface area contributed by atoms with E-state index in [1.807, 2.05) is 4.90 Å². The maximum absolute atomic E-state index is 12.1. The molecule has 7 nitrogen and oxygen atoms in total. The first-order chi connectivity index (χ1) is 10.1. The van der Waals surface area contributed by atoms with Gasteiger partial charge < -0.3 is 15.4 Å². The van der Waals surface area contributed by atoms with Crippen molar-refractivity contribution in [2.75, 3.05) is 31.6 Å². The minimum atomic E-state index is -0.544. The predicted molar refractivity (Wildman–Crippen MR) is 79.5 cm³/mol. The van der Waals surface area contributed by atoms with Crippen molar-refractivity contribution in [1.29, 1.82) is 0 Å². The van der Waals surface area contributed by atoms with Crippen LogP contribution in [-0.4, -0.2) is 42.5 Å². The summed E-state index contributed by atoms with van der Waals surface area (Å²) in [6, 6.07) is 0. The van der Waals surface area contributed by atoms with Gasteiger partial charge >= 0.3 is 5.97 Å². The third-order valence-electron chi connectivity index (χ3n) is 3.76. The number of carbonyl (C=O) groups is 1. The zero-order chi connectivity index (χ0) is 15.4. The van der Waals surface area contributed by atoms with Crippen LogP contribution in [0.5, 0.6) is 0 Å². The number of nitrogens with two attached hydrogens (primary N) is 1. The second-order valence-corrected chi connectivity index (χ2v) is 5.43. The number of carbonyl (C=O) groups excluding carboxylic acids is 1. The van der Waals surface area contributed by atoms with E-state index in [1.54, 1.807) is 0 Å². The number of ether oxygens (including phenoxy) is 1. The van der Waals surface area contributed by atoms with Crippen LogP contribution in [0, 0.1) is 5.92 Å². The van der Waals surface area contributed by atoms with Gasteiger partial charge in [-0.05, 0) is 25.3 Å². The Bertz CT molecular complexity index is 567. The number of piperidine rings is 1. The number of rotatable bonds is 4. The number of methoxy groups -OCH3 is 1. The monoisotopic (exact) mass is 314 g/mol. The van der Waals surface area contributed by atoms with Crippen molar-refractivity contribution in [3.63, 3.8) is 0 Å². The quantitative estimate of drug-likeness (QED) is 0.801. The fourth-order valence-corrected chi connectivity index (χ4v) is 2.65. The van der Waals surface area contributed by atoms with Gasteiger partial charge in [-0.1, -0.05) is 11.6 Å². The van der Waals surface area contributed by atoms with Gasteiger partial charge in [-0.2, -0.15) is 5.10 Å². The maximum Gasteiger partial charge on any atom is 0.327 e. The summed E-state index contributed by atoms with van der Waals surface area (Å²) >= 11 is 6.14. The van der Waals surface area contributed by atoms with Crippen LogP contribution in [0.25, 0.3) is 0 Å². The van der Waals surface area contributed by atoms with Crippen molar-refractivity contribution in [3.05, 3.63) is 21.6 Å². The van der Waals surface area contributed by atoms with Crippen LogP contribution in [0.15, 0.2) is 11.0 Å². The number of hydrogen-bond donors (Lipinski definition) is 1. The highest BCUT2D eigenvalue weighted by Gasteiger charge is 2.22. The largest absolute Gasteiger partial charge is 0.468 e. The van der Waals surface area contributed by atoms with Crippen molar-refractivity contribution in [1.82, 2.24) is 9.78 Å². The molecule has 1 aromatic heterocycles. The van der Waals surface area contributed by atoms with Crippen LogP contribution in [-0.2, 0) is 16.1 Å². The van der Waals surface area contributed by atoms with Crippen LogP contribution < -0.4 is 16.2 Å². The number of aromatic nitrogens is 2. The third-order valence-corrected chi connectivity index (χ3v) is 4.12. The molecule has 0 radical (unpaired) electrons. The summed E-state index contributed by atoms with van der Waals surface area (Å²) in [6.45, 7) is 2.03. The fourth-order valence-electron chi connectivity index (χ4n) is 2.39. The van der Waals surface area contributed by atoms with Gasteiger partial charge in [-0.3, -0.25) is 9.59 Å². The molecule has 1 aromatic rings. The normalized spacial score (nSPS) is 16.0. The molecule has 1 saturated heterocycles. The SMILES string of the molecule is COC(=O)Cn1ncc(N2CCC(CN)CC2)c(Cl)c1=O. The molecular weight excluding hydrogens is 296 g/mol. The number of hydrogen-bond acceptors (Lipinski definition) is 6.